The van der Waals surface area contributed by atoms with E-state index < -0.39 is 21.1 Å². The molecule has 2 aliphatic rings. The Kier molecular flexibility index (Phi) is 11.8. The minimum atomic E-state index is -3.72. The number of benzene rings is 4. The molecule has 53 heavy (non-hydrogen) atoms. The lowest BCUT2D eigenvalue weighted by Crippen LogP contribution is -2.49. The van der Waals surface area contributed by atoms with Gasteiger partial charge in [0, 0.05) is 0 Å². The second-order valence-corrected chi connectivity index (χ2v) is 18.1. The van der Waals surface area contributed by atoms with E-state index in [1.165, 1.54) is 12.0 Å². The number of fused-ring (bicyclic) bond motifs is 1. The second kappa shape index (κ2) is 16.3. The molecule has 0 saturated heterocycles. The van der Waals surface area contributed by atoms with Crippen molar-refractivity contribution in [3.05, 3.63) is 154 Å². The van der Waals surface area contributed by atoms with Gasteiger partial charge in [0.15, 0.2) is 9.84 Å². The van der Waals surface area contributed by atoms with Gasteiger partial charge in [-0.15, -0.1) is 0 Å². The summed E-state index contributed by atoms with van der Waals surface area (Å²) in [6.45, 7) is 11.9. The van der Waals surface area contributed by atoms with E-state index >= 15 is 0 Å². The predicted octanol–water partition coefficient (Wildman–Crippen LogP) is 11.3. The zero-order valence-electron chi connectivity index (χ0n) is 31.9. The summed E-state index contributed by atoms with van der Waals surface area (Å²) in [5.41, 5.74) is 6.55. The average Bonchev–Trinajstić information content (AvgIpc) is 3.15. The molecule has 4 aromatic carbocycles. The van der Waals surface area contributed by atoms with E-state index in [1.807, 2.05) is 97.9 Å². The van der Waals surface area contributed by atoms with Gasteiger partial charge in [-0.2, -0.15) is 0 Å². The van der Waals surface area contributed by atoms with Gasteiger partial charge in [0.25, 0.3) is 0 Å². The molecule has 0 spiro atoms. The van der Waals surface area contributed by atoms with Crippen LogP contribution in [-0.2, 0) is 34.2 Å². The number of rotatable bonds is 13. The van der Waals surface area contributed by atoms with Crippen LogP contribution < -0.4 is 4.74 Å². The van der Waals surface area contributed by atoms with Crippen LogP contribution in [0.5, 0.6) is 5.75 Å². The minimum Gasteiger partial charge on any atom is -0.489 e. The van der Waals surface area contributed by atoms with Crippen LogP contribution in [0.3, 0.4) is 0 Å². The first kappa shape index (κ1) is 38.3. The molecule has 3 atom stereocenters. The van der Waals surface area contributed by atoms with Gasteiger partial charge in [-0.1, -0.05) is 123 Å². The molecular weight excluding hydrogens is 677 g/mol. The fourth-order valence-corrected chi connectivity index (χ4v) is 11.3. The van der Waals surface area contributed by atoms with Crippen molar-refractivity contribution in [2.24, 2.45) is 16.7 Å². The molecule has 0 aliphatic heterocycles. The van der Waals surface area contributed by atoms with Gasteiger partial charge in [-0.3, -0.25) is 0 Å². The van der Waals surface area contributed by atoms with Crippen LogP contribution in [-0.4, -0.2) is 19.6 Å². The number of esters is 1. The SMILES string of the molecule is CC1=C(C(C/C(C)=C/Cc2cc(C(=O)OCc3ccccc3)ccc2OCc2ccccc2)S(=O)(=O)c2ccccc2)[C@]2(C)CCCC(C)(C)[C@H]2CC1. The van der Waals surface area contributed by atoms with Gasteiger partial charge in [0.05, 0.1) is 15.7 Å². The fourth-order valence-electron chi connectivity index (χ4n) is 9.13. The maximum atomic E-state index is 14.8. The normalized spacial score (nSPS) is 20.7. The molecule has 1 saturated carbocycles. The third-order valence-corrected chi connectivity index (χ3v) is 13.9. The number of carbonyl (C=O) groups is 1. The molecule has 1 fully saturated rings. The number of sulfone groups is 1. The summed E-state index contributed by atoms with van der Waals surface area (Å²) in [4.78, 5) is 13.6. The molecule has 278 valence electrons. The maximum Gasteiger partial charge on any atom is 0.338 e. The molecule has 5 nitrogen and oxygen atoms in total. The topological polar surface area (TPSA) is 69.7 Å². The molecule has 1 unspecified atom stereocenters. The molecular formula is C47H54O5S. The van der Waals surface area contributed by atoms with Gasteiger partial charge in [-0.05, 0) is 122 Å². The van der Waals surface area contributed by atoms with E-state index in [2.05, 4.69) is 33.8 Å². The van der Waals surface area contributed by atoms with Crippen LogP contribution >= 0.6 is 0 Å². The summed E-state index contributed by atoms with van der Waals surface area (Å²) >= 11 is 0. The summed E-state index contributed by atoms with van der Waals surface area (Å²) < 4.78 is 41.6. The fraction of sp³-hybridized carbons (Fsp3) is 0.383. The van der Waals surface area contributed by atoms with Crippen molar-refractivity contribution < 1.29 is 22.7 Å². The number of allylic oxidation sites excluding steroid dienone is 3. The van der Waals surface area contributed by atoms with Crippen molar-refractivity contribution in [3.8, 4) is 5.75 Å². The van der Waals surface area contributed by atoms with Crippen molar-refractivity contribution >= 4 is 15.8 Å². The first-order valence-corrected chi connectivity index (χ1v) is 20.6. The van der Waals surface area contributed by atoms with Gasteiger partial charge in [0.2, 0.25) is 0 Å². The quantitative estimate of drug-likeness (QED) is 0.101. The molecule has 2 aliphatic carbocycles. The van der Waals surface area contributed by atoms with E-state index in [9.17, 15) is 13.2 Å². The largest absolute Gasteiger partial charge is 0.489 e. The van der Waals surface area contributed by atoms with E-state index in [0.717, 1.165) is 53.5 Å². The Hall–Kier alpha value is -4.42. The number of carbonyl (C=O) groups excluding carboxylic acids is 1. The summed E-state index contributed by atoms with van der Waals surface area (Å²) in [5, 5.41) is -0.670. The third-order valence-electron chi connectivity index (χ3n) is 11.8. The number of hydrogen-bond acceptors (Lipinski definition) is 5. The highest BCUT2D eigenvalue weighted by atomic mass is 32.2. The van der Waals surface area contributed by atoms with Gasteiger partial charge < -0.3 is 9.47 Å². The Morgan fingerprint density at radius 1 is 0.849 bits per heavy atom. The van der Waals surface area contributed by atoms with Crippen LogP contribution in [0.1, 0.15) is 100 Å². The number of hydrogen-bond donors (Lipinski definition) is 0. The second-order valence-electron chi connectivity index (χ2n) is 16.0. The molecule has 0 amide bonds. The van der Waals surface area contributed by atoms with E-state index in [0.29, 0.717) is 41.6 Å². The van der Waals surface area contributed by atoms with Crippen LogP contribution in [0.15, 0.2) is 137 Å². The maximum absolute atomic E-state index is 14.8. The molecule has 0 bridgehead atoms. The zero-order chi connectivity index (χ0) is 37.6. The zero-order valence-corrected chi connectivity index (χ0v) is 32.8. The highest BCUT2D eigenvalue weighted by molar-refractivity contribution is 7.92. The summed E-state index contributed by atoms with van der Waals surface area (Å²) in [7, 11) is -3.72. The van der Waals surface area contributed by atoms with Crippen LogP contribution in [0.2, 0.25) is 0 Å². The summed E-state index contributed by atoms with van der Waals surface area (Å²) in [6, 6.07) is 34.0. The van der Waals surface area contributed by atoms with Crippen molar-refractivity contribution in [1.29, 1.82) is 0 Å². The molecule has 0 radical (unpaired) electrons. The predicted molar refractivity (Wildman–Crippen MR) is 213 cm³/mol. The molecule has 0 heterocycles. The number of ether oxygens (including phenoxy) is 2. The van der Waals surface area contributed by atoms with Crippen LogP contribution in [0.4, 0.5) is 0 Å². The van der Waals surface area contributed by atoms with E-state index in [-0.39, 0.29) is 17.4 Å². The monoisotopic (exact) mass is 730 g/mol. The van der Waals surface area contributed by atoms with Crippen molar-refractivity contribution in [3.63, 3.8) is 0 Å². The standard InChI is InChI=1S/C47H54O5S/c1-34(30-42(53(49,50)40-20-13-8-14-21-40)44-35(2)23-27-43-46(3,4)28-15-29-47(43,44)5)22-24-38-31-39(45(48)52-33-37-18-11-7-12-19-37)25-26-41(38)51-32-36-16-9-6-10-17-36/h6-14,16-22,25-26,31,42-43H,15,23-24,27-30,32-33H2,1-5H3/b34-22+/t42?,43-,47-/m1/s1. The van der Waals surface area contributed by atoms with Gasteiger partial charge >= 0.3 is 5.97 Å². The lowest BCUT2D eigenvalue weighted by Gasteiger charge is -2.56. The van der Waals surface area contributed by atoms with E-state index in [4.69, 9.17) is 9.47 Å². The Labute approximate surface area is 317 Å². The average molecular weight is 731 g/mol. The Morgan fingerprint density at radius 2 is 1.47 bits per heavy atom. The highest BCUT2D eigenvalue weighted by Gasteiger charge is 2.53. The molecule has 4 aromatic rings. The molecule has 0 N–H and O–H groups in total. The first-order valence-electron chi connectivity index (χ1n) is 19.0. The highest BCUT2D eigenvalue weighted by Crippen LogP contribution is 2.61. The van der Waals surface area contributed by atoms with Crippen molar-refractivity contribution in [2.75, 3.05) is 0 Å². The summed E-state index contributed by atoms with van der Waals surface area (Å²) in [5.74, 6) is 0.697. The van der Waals surface area contributed by atoms with Crippen LogP contribution in [0, 0.1) is 16.7 Å². The van der Waals surface area contributed by atoms with Crippen LogP contribution in [0.25, 0.3) is 0 Å². The molecule has 6 heteroatoms. The molecule has 0 aromatic heterocycles. The van der Waals surface area contributed by atoms with Crippen molar-refractivity contribution in [1.82, 2.24) is 0 Å². The van der Waals surface area contributed by atoms with Gasteiger partial charge in [-0.25, -0.2) is 13.2 Å². The summed E-state index contributed by atoms with van der Waals surface area (Å²) in [6.07, 6.45) is 8.28. The first-order chi connectivity index (χ1) is 25.4. The Balaban J connectivity index is 1.32. The third kappa shape index (κ3) is 8.70. The Bertz CT molecular complexity index is 2050. The van der Waals surface area contributed by atoms with Crippen molar-refractivity contribution in [2.45, 2.75) is 103 Å². The Morgan fingerprint density at radius 3 is 2.13 bits per heavy atom. The molecule has 6 rings (SSSR count). The van der Waals surface area contributed by atoms with E-state index in [1.54, 1.807) is 18.2 Å². The van der Waals surface area contributed by atoms with Gasteiger partial charge in [0.1, 0.15) is 19.0 Å². The minimum absolute atomic E-state index is 0.147. The lowest BCUT2D eigenvalue weighted by atomic mass is 9.50. The lowest BCUT2D eigenvalue weighted by molar-refractivity contribution is 0.0108. The smallest absolute Gasteiger partial charge is 0.338 e.